The first kappa shape index (κ1) is 17.5. The Morgan fingerprint density at radius 3 is 2.35 bits per heavy atom. The van der Waals surface area contributed by atoms with Crippen LogP contribution in [0.25, 0.3) is 0 Å². The Hall–Kier alpha value is -1.81. The van der Waals surface area contributed by atoms with Crippen molar-refractivity contribution >= 4 is 21.8 Å². The van der Waals surface area contributed by atoms with Gasteiger partial charge in [0.2, 0.25) is 0 Å². The summed E-state index contributed by atoms with van der Waals surface area (Å²) in [4.78, 5) is 12.1. The Bertz CT molecular complexity index is 688. The van der Waals surface area contributed by atoms with Crippen LogP contribution in [0, 0.1) is 0 Å². The molecule has 2 aromatic rings. The molecule has 0 aromatic heterocycles. The summed E-state index contributed by atoms with van der Waals surface area (Å²) in [6.07, 6.45) is 0.787. The van der Waals surface area contributed by atoms with E-state index in [2.05, 4.69) is 66.3 Å². The van der Waals surface area contributed by atoms with Crippen LogP contribution in [0.5, 0.6) is 5.75 Å². The number of phenolic OH excluding ortho intramolecular Hbond substituents is 1. The van der Waals surface area contributed by atoms with Crippen LogP contribution >= 0.6 is 15.9 Å². The summed E-state index contributed by atoms with van der Waals surface area (Å²) in [6.45, 7) is 7.15. The molecule has 2 aromatic carbocycles. The Labute approximate surface area is 145 Å². The highest BCUT2D eigenvalue weighted by Gasteiger charge is 2.13. The molecule has 0 aliphatic heterocycles. The van der Waals surface area contributed by atoms with E-state index in [1.54, 1.807) is 12.1 Å². The monoisotopic (exact) mass is 375 g/mol. The molecule has 2 rings (SSSR count). The van der Waals surface area contributed by atoms with Crippen molar-refractivity contribution in [2.24, 2.45) is 0 Å². The van der Waals surface area contributed by atoms with E-state index in [1.807, 2.05) is 0 Å². The van der Waals surface area contributed by atoms with Crippen LogP contribution in [-0.4, -0.2) is 17.6 Å². The molecule has 0 aliphatic rings. The second-order valence-corrected chi connectivity index (χ2v) is 7.47. The van der Waals surface area contributed by atoms with Gasteiger partial charge in [0.1, 0.15) is 5.75 Å². The number of benzene rings is 2. The summed E-state index contributed by atoms with van der Waals surface area (Å²) < 4.78 is 0.517. The summed E-state index contributed by atoms with van der Waals surface area (Å²) >= 11 is 3.21. The summed E-state index contributed by atoms with van der Waals surface area (Å²) in [5.41, 5.74) is 3.18. The van der Waals surface area contributed by atoms with Gasteiger partial charge in [-0.15, -0.1) is 0 Å². The summed E-state index contributed by atoms with van der Waals surface area (Å²) in [5.74, 6) is -0.0162. The maximum Gasteiger partial charge on any atom is 0.251 e. The van der Waals surface area contributed by atoms with Gasteiger partial charge in [0.15, 0.2) is 0 Å². The predicted molar refractivity (Wildman–Crippen MR) is 97.0 cm³/mol. The second-order valence-electron chi connectivity index (χ2n) is 6.62. The fourth-order valence-electron chi connectivity index (χ4n) is 2.24. The summed E-state index contributed by atoms with van der Waals surface area (Å²) in [6, 6.07) is 13.2. The minimum absolute atomic E-state index is 0.125. The van der Waals surface area contributed by atoms with Crippen molar-refractivity contribution in [3.63, 3.8) is 0 Å². The Morgan fingerprint density at radius 2 is 1.78 bits per heavy atom. The van der Waals surface area contributed by atoms with E-state index >= 15 is 0 Å². The third-order valence-corrected chi connectivity index (χ3v) is 4.36. The van der Waals surface area contributed by atoms with Crippen LogP contribution < -0.4 is 5.32 Å². The van der Waals surface area contributed by atoms with E-state index in [1.165, 1.54) is 17.2 Å². The van der Waals surface area contributed by atoms with Gasteiger partial charge in [0.25, 0.3) is 5.91 Å². The number of hydrogen-bond acceptors (Lipinski definition) is 2. The first-order valence-corrected chi connectivity index (χ1v) is 8.43. The SMILES string of the molecule is CC(C)(C)c1ccc(CCNC(=O)c2ccc(O)c(Br)c2)cc1. The zero-order chi connectivity index (χ0) is 17.0. The molecular formula is C19H22BrNO2. The molecule has 1 amide bonds. The Kier molecular flexibility index (Phi) is 5.47. The van der Waals surface area contributed by atoms with Crippen molar-refractivity contribution in [3.8, 4) is 5.75 Å². The zero-order valence-corrected chi connectivity index (χ0v) is 15.3. The minimum Gasteiger partial charge on any atom is -0.507 e. The number of halogens is 1. The van der Waals surface area contributed by atoms with Crippen LogP contribution in [-0.2, 0) is 11.8 Å². The topological polar surface area (TPSA) is 49.3 Å². The van der Waals surface area contributed by atoms with Gasteiger partial charge in [0, 0.05) is 12.1 Å². The average molecular weight is 376 g/mol. The molecule has 0 fully saturated rings. The third kappa shape index (κ3) is 4.83. The molecule has 23 heavy (non-hydrogen) atoms. The lowest BCUT2D eigenvalue weighted by molar-refractivity contribution is 0.0954. The van der Waals surface area contributed by atoms with Crippen molar-refractivity contribution in [3.05, 3.63) is 63.6 Å². The Balaban J connectivity index is 1.89. The molecule has 0 bridgehead atoms. The number of hydrogen-bond donors (Lipinski definition) is 2. The van der Waals surface area contributed by atoms with Gasteiger partial charge < -0.3 is 10.4 Å². The quantitative estimate of drug-likeness (QED) is 0.830. The maximum atomic E-state index is 12.1. The van der Waals surface area contributed by atoms with Crippen LogP contribution in [0.15, 0.2) is 46.9 Å². The molecule has 0 unspecified atom stereocenters. The van der Waals surface area contributed by atoms with Crippen molar-refractivity contribution in [2.75, 3.05) is 6.54 Å². The molecule has 0 atom stereocenters. The molecule has 4 heteroatoms. The molecule has 0 heterocycles. The fraction of sp³-hybridized carbons (Fsp3) is 0.316. The van der Waals surface area contributed by atoms with E-state index < -0.39 is 0 Å². The predicted octanol–water partition coefficient (Wildman–Crippen LogP) is 4.42. The number of carbonyl (C=O) groups is 1. The van der Waals surface area contributed by atoms with E-state index in [4.69, 9.17) is 0 Å². The van der Waals surface area contributed by atoms with E-state index in [0.717, 1.165) is 6.42 Å². The maximum absolute atomic E-state index is 12.1. The van der Waals surface area contributed by atoms with Crippen LogP contribution in [0.4, 0.5) is 0 Å². The van der Waals surface area contributed by atoms with Crippen molar-refractivity contribution in [1.82, 2.24) is 5.32 Å². The number of nitrogens with one attached hydrogen (secondary N) is 1. The van der Waals surface area contributed by atoms with Crippen LogP contribution in [0.2, 0.25) is 0 Å². The third-order valence-electron chi connectivity index (χ3n) is 3.73. The number of phenols is 1. The van der Waals surface area contributed by atoms with Gasteiger partial charge in [0.05, 0.1) is 4.47 Å². The lowest BCUT2D eigenvalue weighted by atomic mass is 9.86. The van der Waals surface area contributed by atoms with Crippen molar-refractivity contribution in [1.29, 1.82) is 0 Å². The average Bonchev–Trinajstić information content (AvgIpc) is 2.49. The number of carbonyl (C=O) groups excluding carboxylic acids is 1. The number of rotatable bonds is 4. The van der Waals surface area contributed by atoms with Crippen molar-refractivity contribution in [2.45, 2.75) is 32.6 Å². The molecule has 2 N–H and O–H groups in total. The molecule has 0 aliphatic carbocycles. The van der Waals surface area contributed by atoms with Crippen LogP contribution in [0.1, 0.15) is 42.3 Å². The largest absolute Gasteiger partial charge is 0.507 e. The van der Waals surface area contributed by atoms with Gasteiger partial charge in [-0.1, -0.05) is 45.0 Å². The first-order chi connectivity index (χ1) is 10.8. The van der Waals surface area contributed by atoms with Gasteiger partial charge in [-0.05, 0) is 57.1 Å². The molecular weight excluding hydrogens is 354 g/mol. The molecule has 122 valence electrons. The first-order valence-electron chi connectivity index (χ1n) is 7.63. The van der Waals surface area contributed by atoms with Gasteiger partial charge in [-0.3, -0.25) is 4.79 Å². The fourth-order valence-corrected chi connectivity index (χ4v) is 2.62. The van der Waals surface area contributed by atoms with E-state index in [9.17, 15) is 9.90 Å². The standard InChI is InChI=1S/C19H22BrNO2/c1-19(2,3)15-7-4-13(5-8-15)10-11-21-18(23)14-6-9-17(22)16(20)12-14/h4-9,12,22H,10-11H2,1-3H3,(H,21,23). The lowest BCUT2D eigenvalue weighted by Crippen LogP contribution is -2.25. The number of aromatic hydroxyl groups is 1. The highest BCUT2D eigenvalue weighted by atomic mass is 79.9. The zero-order valence-electron chi connectivity index (χ0n) is 13.7. The van der Waals surface area contributed by atoms with E-state index in [0.29, 0.717) is 16.6 Å². The number of amides is 1. The molecule has 3 nitrogen and oxygen atoms in total. The highest BCUT2D eigenvalue weighted by molar-refractivity contribution is 9.10. The molecule has 0 spiro atoms. The molecule has 0 saturated carbocycles. The van der Waals surface area contributed by atoms with Gasteiger partial charge >= 0.3 is 0 Å². The lowest BCUT2D eigenvalue weighted by Gasteiger charge is -2.19. The second kappa shape index (κ2) is 7.18. The van der Waals surface area contributed by atoms with Crippen molar-refractivity contribution < 1.29 is 9.90 Å². The normalized spacial score (nSPS) is 11.3. The van der Waals surface area contributed by atoms with E-state index in [-0.39, 0.29) is 17.1 Å². The Morgan fingerprint density at radius 1 is 1.13 bits per heavy atom. The van der Waals surface area contributed by atoms with Crippen LogP contribution in [0.3, 0.4) is 0 Å². The van der Waals surface area contributed by atoms with Gasteiger partial charge in [-0.2, -0.15) is 0 Å². The molecule has 0 saturated heterocycles. The smallest absolute Gasteiger partial charge is 0.251 e. The summed E-state index contributed by atoms with van der Waals surface area (Å²) in [5, 5.41) is 12.3. The molecule has 0 radical (unpaired) electrons. The van der Waals surface area contributed by atoms with Gasteiger partial charge in [-0.25, -0.2) is 0 Å². The summed E-state index contributed by atoms with van der Waals surface area (Å²) in [7, 11) is 0. The highest BCUT2D eigenvalue weighted by Crippen LogP contribution is 2.24. The minimum atomic E-state index is -0.142.